The molecule has 42 heavy (non-hydrogen) atoms. The predicted octanol–water partition coefficient (Wildman–Crippen LogP) is 2.10. The summed E-state index contributed by atoms with van der Waals surface area (Å²) in [5, 5.41) is 51.2. The molecule has 5 rings (SSSR count). The average Bonchev–Trinajstić information content (AvgIpc) is 3.48. The molecule has 3 aromatic carbocycles. The molecule has 2 heterocycles. The zero-order chi connectivity index (χ0) is 29.6. The van der Waals surface area contributed by atoms with Crippen LogP contribution in [0, 0.1) is 6.92 Å². The van der Waals surface area contributed by atoms with Gasteiger partial charge in [0.1, 0.15) is 31.0 Å². The summed E-state index contributed by atoms with van der Waals surface area (Å²) in [7, 11) is 1.61. The third-order valence-electron chi connectivity index (χ3n) is 7.46. The van der Waals surface area contributed by atoms with Crippen LogP contribution in [0.4, 0.5) is 0 Å². The van der Waals surface area contributed by atoms with Gasteiger partial charge in [-0.25, -0.2) is 4.68 Å². The summed E-state index contributed by atoms with van der Waals surface area (Å²) in [6, 6.07) is 22.3. The molecule has 1 aliphatic rings. The van der Waals surface area contributed by atoms with Crippen LogP contribution < -0.4 is 14.8 Å². The maximum Gasteiger partial charge on any atom is 0.180 e. The van der Waals surface area contributed by atoms with E-state index in [-0.39, 0.29) is 0 Å². The van der Waals surface area contributed by atoms with Crippen molar-refractivity contribution < 1.29 is 34.6 Å². The van der Waals surface area contributed by atoms with E-state index in [4.69, 9.17) is 14.2 Å². The Bertz CT molecular complexity index is 1460. The number of hydrogen-bond donors (Lipinski definition) is 5. The number of aromatic nitrogens is 3. The van der Waals surface area contributed by atoms with Gasteiger partial charge in [-0.05, 0) is 46.9 Å². The highest BCUT2D eigenvalue weighted by molar-refractivity contribution is 5.68. The van der Waals surface area contributed by atoms with Gasteiger partial charge in [-0.15, -0.1) is 5.10 Å². The number of aliphatic hydroxyl groups is 4. The normalized spacial score (nSPS) is 22.2. The Morgan fingerprint density at radius 1 is 0.929 bits per heavy atom. The van der Waals surface area contributed by atoms with Gasteiger partial charge in [-0.3, -0.25) is 0 Å². The summed E-state index contributed by atoms with van der Waals surface area (Å²) < 4.78 is 18.6. The summed E-state index contributed by atoms with van der Waals surface area (Å²) in [5.41, 5.74) is 6.13. The second-order valence-electron chi connectivity index (χ2n) is 10.2. The molecule has 5 N–H and O–H groups in total. The molecule has 1 fully saturated rings. The second kappa shape index (κ2) is 13.4. The molecule has 0 radical (unpaired) electrons. The van der Waals surface area contributed by atoms with Crippen molar-refractivity contribution in [2.24, 2.45) is 0 Å². The molecule has 0 saturated carbocycles. The lowest BCUT2D eigenvalue weighted by Crippen LogP contribution is -2.56. The van der Waals surface area contributed by atoms with Crippen molar-refractivity contribution in [3.8, 4) is 22.6 Å². The van der Waals surface area contributed by atoms with E-state index in [0.29, 0.717) is 36.9 Å². The number of ether oxygens (including phenoxy) is 3. The smallest absolute Gasteiger partial charge is 0.180 e. The van der Waals surface area contributed by atoms with Crippen molar-refractivity contribution in [2.45, 2.75) is 57.3 Å². The number of hydrogen-bond acceptors (Lipinski definition) is 10. The molecule has 11 heteroatoms. The number of nitrogens with zero attached hydrogens (tertiary/aromatic N) is 3. The van der Waals surface area contributed by atoms with Gasteiger partial charge in [0.25, 0.3) is 0 Å². The molecule has 1 aromatic heterocycles. The van der Waals surface area contributed by atoms with Crippen LogP contribution in [0.2, 0.25) is 0 Å². The lowest BCUT2D eigenvalue weighted by molar-refractivity contribution is -0.254. The van der Waals surface area contributed by atoms with Gasteiger partial charge in [0, 0.05) is 13.1 Å². The van der Waals surface area contributed by atoms with Crippen LogP contribution in [0.25, 0.3) is 11.1 Å². The van der Waals surface area contributed by atoms with E-state index in [9.17, 15) is 20.4 Å². The van der Waals surface area contributed by atoms with Crippen molar-refractivity contribution in [1.82, 2.24) is 20.3 Å². The lowest BCUT2D eigenvalue weighted by atomic mass is 9.97. The number of nitrogens with one attached hydrogen (secondary N) is 1. The molecule has 0 spiro atoms. The lowest BCUT2D eigenvalue weighted by Gasteiger charge is -2.39. The van der Waals surface area contributed by atoms with Crippen molar-refractivity contribution >= 4 is 0 Å². The summed E-state index contributed by atoms with van der Waals surface area (Å²) in [6.45, 7) is 2.85. The third-order valence-corrected chi connectivity index (χ3v) is 7.46. The standard InChI is InChI=1S/C31H36N4O7/c1-19-22(9-6-10-24(19)21-7-4-3-5-8-21)18-41-26-13-20(11-12-25(26)40-2)14-32-15-23-16-35(34-33-23)31-30(39)29(38)28(37)27(17-36)42-31/h3-13,16,27-32,36-39H,14-15,17-18H2,1-2H3/t27-,28-,29+,30+,31+/m1/s1. The molecular formula is C31H36N4O7. The van der Waals surface area contributed by atoms with Crippen molar-refractivity contribution in [2.75, 3.05) is 13.7 Å². The molecule has 0 unspecified atom stereocenters. The van der Waals surface area contributed by atoms with Gasteiger partial charge in [0.15, 0.2) is 17.7 Å². The number of aliphatic hydroxyl groups excluding tert-OH is 4. The molecule has 11 nitrogen and oxygen atoms in total. The van der Waals surface area contributed by atoms with Crippen LogP contribution in [0.5, 0.6) is 11.5 Å². The van der Waals surface area contributed by atoms with Gasteiger partial charge in [-0.1, -0.05) is 59.8 Å². The first-order chi connectivity index (χ1) is 20.4. The first-order valence-corrected chi connectivity index (χ1v) is 13.7. The Morgan fingerprint density at radius 2 is 1.74 bits per heavy atom. The number of methoxy groups -OCH3 is 1. The first-order valence-electron chi connectivity index (χ1n) is 13.7. The maximum atomic E-state index is 10.3. The van der Waals surface area contributed by atoms with E-state index in [1.165, 1.54) is 10.2 Å². The number of rotatable bonds is 11. The average molecular weight is 577 g/mol. The van der Waals surface area contributed by atoms with Crippen LogP contribution >= 0.6 is 0 Å². The van der Waals surface area contributed by atoms with Gasteiger partial charge < -0.3 is 40.0 Å². The summed E-state index contributed by atoms with van der Waals surface area (Å²) >= 11 is 0. The third kappa shape index (κ3) is 6.46. The summed E-state index contributed by atoms with van der Waals surface area (Å²) in [6.07, 6.45) is -4.91. The maximum absolute atomic E-state index is 10.3. The molecule has 222 valence electrons. The molecule has 1 aliphatic heterocycles. The molecule has 1 saturated heterocycles. The van der Waals surface area contributed by atoms with Gasteiger partial charge in [-0.2, -0.15) is 0 Å². The monoisotopic (exact) mass is 576 g/mol. The fraction of sp³-hybridized carbons (Fsp3) is 0.355. The highest BCUT2D eigenvalue weighted by atomic mass is 16.6. The van der Waals surface area contributed by atoms with E-state index in [1.54, 1.807) is 13.3 Å². The largest absolute Gasteiger partial charge is 0.493 e. The van der Waals surface area contributed by atoms with Crippen LogP contribution in [0.15, 0.2) is 72.9 Å². The van der Waals surface area contributed by atoms with Crippen molar-refractivity contribution in [3.05, 3.63) is 95.3 Å². The molecule has 0 aliphatic carbocycles. The Labute approximate surface area is 243 Å². The van der Waals surface area contributed by atoms with Crippen LogP contribution in [0.3, 0.4) is 0 Å². The zero-order valence-electron chi connectivity index (χ0n) is 23.5. The van der Waals surface area contributed by atoms with Crippen LogP contribution in [0.1, 0.15) is 28.6 Å². The van der Waals surface area contributed by atoms with Crippen molar-refractivity contribution in [1.29, 1.82) is 0 Å². The van der Waals surface area contributed by atoms with E-state index in [2.05, 4.69) is 46.8 Å². The van der Waals surface area contributed by atoms with Crippen LogP contribution in [-0.2, 0) is 24.4 Å². The minimum Gasteiger partial charge on any atom is -0.493 e. The Morgan fingerprint density at radius 3 is 2.50 bits per heavy atom. The van der Waals surface area contributed by atoms with E-state index >= 15 is 0 Å². The molecule has 5 atom stereocenters. The van der Waals surface area contributed by atoms with E-state index in [0.717, 1.165) is 22.3 Å². The van der Waals surface area contributed by atoms with E-state index in [1.807, 2.05) is 42.5 Å². The topological polar surface area (TPSA) is 151 Å². The summed E-state index contributed by atoms with van der Waals surface area (Å²) in [4.78, 5) is 0. The number of benzene rings is 3. The SMILES string of the molecule is COc1ccc(CNCc2cn([C@H]3O[C@H](CO)[C@@H](O)[C@H](O)[C@@H]3O)nn2)cc1OCc1cccc(-c2ccccc2)c1C. The van der Waals surface area contributed by atoms with E-state index < -0.39 is 37.3 Å². The summed E-state index contributed by atoms with van der Waals surface area (Å²) in [5.74, 6) is 1.27. The van der Waals surface area contributed by atoms with Crippen molar-refractivity contribution in [3.63, 3.8) is 0 Å². The molecule has 4 aromatic rings. The second-order valence-corrected chi connectivity index (χ2v) is 10.2. The molecule has 0 amide bonds. The van der Waals surface area contributed by atoms with Gasteiger partial charge in [0.05, 0.1) is 25.6 Å². The minimum absolute atomic E-state index is 0.366. The molecular weight excluding hydrogens is 540 g/mol. The Kier molecular flexibility index (Phi) is 9.48. The fourth-order valence-corrected chi connectivity index (χ4v) is 5.02. The fourth-order valence-electron chi connectivity index (χ4n) is 5.02. The minimum atomic E-state index is -1.49. The quantitative estimate of drug-likeness (QED) is 0.180. The highest BCUT2D eigenvalue weighted by Crippen LogP contribution is 2.31. The zero-order valence-corrected chi connectivity index (χ0v) is 23.5. The highest BCUT2D eigenvalue weighted by Gasteiger charge is 2.44. The Balaban J connectivity index is 1.20. The van der Waals surface area contributed by atoms with Gasteiger partial charge in [0.2, 0.25) is 0 Å². The predicted molar refractivity (Wildman–Crippen MR) is 154 cm³/mol. The molecule has 0 bridgehead atoms. The van der Waals surface area contributed by atoms with Gasteiger partial charge >= 0.3 is 0 Å². The van der Waals surface area contributed by atoms with Crippen LogP contribution in [-0.4, -0.2) is 73.6 Å². The Hall–Kier alpha value is -3.84. The first kappa shape index (κ1) is 29.6.